The monoisotopic (exact) mass is 388 g/mol. The Labute approximate surface area is 165 Å². The molecule has 3 rings (SSSR count). The van der Waals surface area contributed by atoms with E-state index in [0.717, 1.165) is 19.4 Å². The van der Waals surface area contributed by atoms with Crippen LogP contribution in [0.1, 0.15) is 35.7 Å². The third-order valence-electron chi connectivity index (χ3n) is 4.63. The second-order valence-electron chi connectivity index (χ2n) is 6.57. The number of ketones is 1. The van der Waals surface area contributed by atoms with Crippen molar-refractivity contribution in [2.75, 3.05) is 13.2 Å². The molecule has 1 aliphatic rings. The summed E-state index contributed by atoms with van der Waals surface area (Å²) in [4.78, 5) is 24.4. The Balaban J connectivity index is 0.00000261. The number of rotatable bonds is 6. The zero-order valence-electron chi connectivity index (χ0n) is 15.3. The number of hydrogen-bond acceptors (Lipinski definition) is 4. The predicted octanol–water partition coefficient (Wildman–Crippen LogP) is 2.97. The van der Waals surface area contributed by atoms with E-state index in [0.29, 0.717) is 16.9 Å². The van der Waals surface area contributed by atoms with Crippen molar-refractivity contribution in [2.24, 2.45) is 0 Å². The maximum Gasteiger partial charge on any atom is 0.258 e. The molecular weight excluding hydrogens is 364 g/mol. The fraction of sp³-hybridized carbons (Fsp3) is 0.333. The highest BCUT2D eigenvalue weighted by Crippen LogP contribution is 2.15. The zero-order chi connectivity index (χ0) is 18.4. The van der Waals surface area contributed by atoms with Crippen LogP contribution in [0.5, 0.6) is 5.75 Å². The van der Waals surface area contributed by atoms with E-state index in [-0.39, 0.29) is 42.8 Å². The predicted molar refractivity (Wildman–Crippen MR) is 108 cm³/mol. The molecule has 5 nitrogen and oxygen atoms in total. The molecule has 0 radical (unpaired) electrons. The highest BCUT2D eigenvalue weighted by Gasteiger charge is 2.22. The largest absolute Gasteiger partial charge is 0.484 e. The Morgan fingerprint density at radius 1 is 1.07 bits per heavy atom. The molecule has 1 heterocycles. The van der Waals surface area contributed by atoms with Crippen LogP contribution in [0.25, 0.3) is 0 Å². The summed E-state index contributed by atoms with van der Waals surface area (Å²) in [7, 11) is 0. The molecule has 144 valence electrons. The molecule has 1 aliphatic heterocycles. The number of amides is 1. The molecule has 0 saturated carbocycles. The van der Waals surface area contributed by atoms with E-state index in [1.165, 1.54) is 0 Å². The summed E-state index contributed by atoms with van der Waals surface area (Å²) < 4.78 is 5.54. The quantitative estimate of drug-likeness (QED) is 0.746. The van der Waals surface area contributed by atoms with Gasteiger partial charge in [0.1, 0.15) is 5.75 Å². The van der Waals surface area contributed by atoms with Crippen molar-refractivity contribution in [1.29, 1.82) is 0 Å². The lowest BCUT2D eigenvalue weighted by molar-refractivity contribution is -0.124. The summed E-state index contributed by atoms with van der Waals surface area (Å²) in [6, 6.07) is 16.4. The number of ether oxygens (including phenoxy) is 1. The van der Waals surface area contributed by atoms with Gasteiger partial charge in [-0.3, -0.25) is 9.59 Å². The summed E-state index contributed by atoms with van der Waals surface area (Å²) in [5, 5.41) is 6.36. The molecule has 2 N–H and O–H groups in total. The van der Waals surface area contributed by atoms with Gasteiger partial charge < -0.3 is 15.4 Å². The fourth-order valence-corrected chi connectivity index (χ4v) is 3.10. The minimum atomic E-state index is -0.130. The number of hydrogen-bond donors (Lipinski definition) is 2. The first-order chi connectivity index (χ1) is 12.6. The minimum Gasteiger partial charge on any atom is -0.484 e. The molecule has 2 atom stereocenters. The Kier molecular flexibility index (Phi) is 7.82. The second-order valence-corrected chi connectivity index (χ2v) is 6.57. The van der Waals surface area contributed by atoms with E-state index >= 15 is 0 Å². The van der Waals surface area contributed by atoms with Crippen molar-refractivity contribution in [2.45, 2.75) is 31.8 Å². The number of benzene rings is 2. The maximum absolute atomic E-state index is 12.4. The molecule has 0 aromatic heterocycles. The van der Waals surface area contributed by atoms with Gasteiger partial charge in [-0.2, -0.15) is 0 Å². The molecule has 1 amide bonds. The molecule has 2 unspecified atom stereocenters. The molecule has 2 aromatic carbocycles. The Hall–Kier alpha value is -2.37. The maximum atomic E-state index is 12.4. The van der Waals surface area contributed by atoms with E-state index in [2.05, 4.69) is 17.6 Å². The highest BCUT2D eigenvalue weighted by molar-refractivity contribution is 6.08. The number of nitrogens with one attached hydrogen (secondary N) is 2. The van der Waals surface area contributed by atoms with Crippen molar-refractivity contribution in [3.05, 3.63) is 65.7 Å². The van der Waals surface area contributed by atoms with Crippen molar-refractivity contribution in [3.8, 4) is 5.75 Å². The summed E-state index contributed by atoms with van der Waals surface area (Å²) in [5.41, 5.74) is 1.24. The molecule has 0 bridgehead atoms. The summed E-state index contributed by atoms with van der Waals surface area (Å²) in [6.07, 6.45) is 2.04. The van der Waals surface area contributed by atoms with Gasteiger partial charge >= 0.3 is 0 Å². The standard InChI is InChI=1S/C21H24N2O3.ClH/c1-15-19(8-5-13-22-15)23-20(24)14-26-18-11-9-17(10-12-18)21(25)16-6-3-2-4-7-16;/h2-4,6-7,9-12,15,19,22H,5,8,13-14H2,1H3,(H,23,24);1H. The van der Waals surface area contributed by atoms with E-state index in [1.54, 1.807) is 36.4 Å². The van der Waals surface area contributed by atoms with Crippen LogP contribution in [0.3, 0.4) is 0 Å². The van der Waals surface area contributed by atoms with Gasteiger partial charge in [0.2, 0.25) is 0 Å². The lowest BCUT2D eigenvalue weighted by atomic mass is 10.00. The number of carbonyl (C=O) groups excluding carboxylic acids is 2. The smallest absolute Gasteiger partial charge is 0.258 e. The van der Waals surface area contributed by atoms with Crippen LogP contribution in [0.2, 0.25) is 0 Å². The summed E-state index contributed by atoms with van der Waals surface area (Å²) in [6.45, 7) is 3.04. The van der Waals surface area contributed by atoms with Gasteiger partial charge in [0.25, 0.3) is 5.91 Å². The normalized spacial score (nSPS) is 18.9. The van der Waals surface area contributed by atoms with Gasteiger partial charge in [0, 0.05) is 23.2 Å². The van der Waals surface area contributed by atoms with Crippen LogP contribution < -0.4 is 15.4 Å². The van der Waals surface area contributed by atoms with Gasteiger partial charge in [-0.15, -0.1) is 12.4 Å². The molecule has 1 fully saturated rings. The van der Waals surface area contributed by atoms with E-state index in [4.69, 9.17) is 4.74 Å². The summed E-state index contributed by atoms with van der Waals surface area (Å²) >= 11 is 0. The Morgan fingerprint density at radius 3 is 2.41 bits per heavy atom. The van der Waals surface area contributed by atoms with Crippen molar-refractivity contribution < 1.29 is 14.3 Å². The van der Waals surface area contributed by atoms with Crippen LogP contribution in [0.15, 0.2) is 54.6 Å². The van der Waals surface area contributed by atoms with Crippen molar-refractivity contribution in [1.82, 2.24) is 10.6 Å². The molecular formula is C21H25ClN2O3. The molecule has 0 spiro atoms. The van der Waals surface area contributed by atoms with Crippen LogP contribution in [0, 0.1) is 0 Å². The first-order valence-corrected chi connectivity index (χ1v) is 8.99. The second kappa shape index (κ2) is 10.1. The third-order valence-corrected chi connectivity index (χ3v) is 4.63. The van der Waals surface area contributed by atoms with E-state index in [9.17, 15) is 9.59 Å². The first-order valence-electron chi connectivity index (χ1n) is 8.99. The van der Waals surface area contributed by atoms with Crippen LogP contribution in [-0.4, -0.2) is 36.9 Å². The third kappa shape index (κ3) is 5.81. The number of carbonyl (C=O) groups is 2. The fourth-order valence-electron chi connectivity index (χ4n) is 3.10. The average Bonchev–Trinajstić information content (AvgIpc) is 2.69. The number of piperidine rings is 1. The molecule has 0 aliphatic carbocycles. The van der Waals surface area contributed by atoms with Gasteiger partial charge in [0.05, 0.1) is 0 Å². The van der Waals surface area contributed by atoms with Crippen LogP contribution >= 0.6 is 12.4 Å². The van der Waals surface area contributed by atoms with Gasteiger partial charge in [-0.05, 0) is 50.6 Å². The highest BCUT2D eigenvalue weighted by atomic mass is 35.5. The van der Waals surface area contributed by atoms with E-state index in [1.807, 2.05) is 18.2 Å². The molecule has 27 heavy (non-hydrogen) atoms. The lowest BCUT2D eigenvalue weighted by Gasteiger charge is -2.30. The van der Waals surface area contributed by atoms with Crippen LogP contribution in [0.4, 0.5) is 0 Å². The molecule has 1 saturated heterocycles. The molecule has 6 heteroatoms. The zero-order valence-corrected chi connectivity index (χ0v) is 16.1. The van der Waals surface area contributed by atoms with Gasteiger partial charge in [-0.25, -0.2) is 0 Å². The van der Waals surface area contributed by atoms with Crippen molar-refractivity contribution in [3.63, 3.8) is 0 Å². The van der Waals surface area contributed by atoms with Crippen molar-refractivity contribution >= 4 is 24.1 Å². The molecule has 2 aromatic rings. The number of halogens is 1. The topological polar surface area (TPSA) is 67.4 Å². The average molecular weight is 389 g/mol. The van der Waals surface area contributed by atoms with Gasteiger partial charge in [-0.1, -0.05) is 30.3 Å². The summed E-state index contributed by atoms with van der Waals surface area (Å²) in [5.74, 6) is 0.406. The van der Waals surface area contributed by atoms with Gasteiger partial charge in [0.15, 0.2) is 12.4 Å². The Bertz CT molecular complexity index is 750. The lowest BCUT2D eigenvalue weighted by Crippen LogP contribution is -2.52. The SMILES string of the molecule is CC1NCCCC1NC(=O)COc1ccc(C(=O)c2ccccc2)cc1.Cl. The van der Waals surface area contributed by atoms with E-state index < -0.39 is 0 Å². The van der Waals surface area contributed by atoms with Crippen LogP contribution in [-0.2, 0) is 4.79 Å². The Morgan fingerprint density at radius 2 is 1.74 bits per heavy atom. The minimum absolute atomic E-state index is 0. The first kappa shape index (κ1) is 20.9.